The zero-order chi connectivity index (χ0) is 14.0. The van der Waals surface area contributed by atoms with Gasteiger partial charge >= 0.3 is 5.97 Å². The normalized spacial score (nSPS) is 12.1. The van der Waals surface area contributed by atoms with Crippen LogP contribution in [0.1, 0.15) is 17.3 Å². The molecule has 0 aliphatic heterocycles. The molecule has 0 aliphatic rings. The van der Waals surface area contributed by atoms with Gasteiger partial charge in [0.15, 0.2) is 17.5 Å². The highest BCUT2D eigenvalue weighted by atomic mass is 19.2. The number of hydrogen-bond donors (Lipinski definition) is 1. The highest BCUT2D eigenvalue weighted by Crippen LogP contribution is 2.15. The molecular weight excluding hydrogens is 251 g/mol. The van der Waals surface area contributed by atoms with E-state index in [1.54, 1.807) is 0 Å². The Morgan fingerprint density at radius 3 is 2.06 bits per heavy atom. The van der Waals surface area contributed by atoms with E-state index in [1.807, 2.05) is 0 Å². The minimum Gasteiger partial charge on any atom is -0.480 e. The summed E-state index contributed by atoms with van der Waals surface area (Å²) < 4.78 is 38.5. The largest absolute Gasteiger partial charge is 0.480 e. The van der Waals surface area contributed by atoms with Crippen molar-refractivity contribution < 1.29 is 27.9 Å². The molecule has 1 N–H and O–H groups in total. The number of carbonyl (C=O) groups is 2. The van der Waals surface area contributed by atoms with Crippen molar-refractivity contribution in [3.63, 3.8) is 0 Å². The Morgan fingerprint density at radius 2 is 1.67 bits per heavy atom. The first kappa shape index (κ1) is 14.0. The van der Waals surface area contributed by atoms with Crippen LogP contribution < -0.4 is 0 Å². The van der Waals surface area contributed by atoms with E-state index in [-0.39, 0.29) is 0 Å². The highest BCUT2D eigenvalue weighted by molar-refractivity contribution is 5.96. The molecule has 1 unspecified atom stereocenters. The highest BCUT2D eigenvalue weighted by Gasteiger charge is 2.24. The molecule has 7 heteroatoms. The van der Waals surface area contributed by atoms with Crippen molar-refractivity contribution in [3.05, 3.63) is 35.1 Å². The van der Waals surface area contributed by atoms with E-state index >= 15 is 0 Å². The summed E-state index contributed by atoms with van der Waals surface area (Å²) in [7, 11) is 1.17. The van der Waals surface area contributed by atoms with Gasteiger partial charge in [0.2, 0.25) is 0 Å². The number of likely N-dealkylation sites (N-methyl/N-ethyl adjacent to an activating group) is 1. The number of benzene rings is 1. The number of aliphatic carboxylic acids is 1. The van der Waals surface area contributed by atoms with E-state index in [4.69, 9.17) is 5.11 Å². The van der Waals surface area contributed by atoms with Gasteiger partial charge in [-0.15, -0.1) is 0 Å². The summed E-state index contributed by atoms with van der Waals surface area (Å²) >= 11 is 0. The quantitative estimate of drug-likeness (QED) is 0.842. The number of nitrogens with zero attached hydrogens (tertiary/aromatic N) is 1. The lowest BCUT2D eigenvalue weighted by Gasteiger charge is -2.21. The van der Waals surface area contributed by atoms with Gasteiger partial charge in [-0.05, 0) is 19.1 Å². The maximum absolute atomic E-state index is 12.9. The van der Waals surface area contributed by atoms with Crippen molar-refractivity contribution in [2.45, 2.75) is 13.0 Å². The lowest BCUT2D eigenvalue weighted by Crippen LogP contribution is -2.40. The van der Waals surface area contributed by atoms with Gasteiger partial charge in [-0.2, -0.15) is 0 Å². The van der Waals surface area contributed by atoms with Crippen LogP contribution in [0.25, 0.3) is 0 Å². The minimum absolute atomic E-state index is 0.456. The summed E-state index contributed by atoms with van der Waals surface area (Å²) in [4.78, 5) is 23.2. The Morgan fingerprint density at radius 1 is 1.22 bits per heavy atom. The van der Waals surface area contributed by atoms with Crippen molar-refractivity contribution in [1.29, 1.82) is 0 Å². The summed E-state index contributed by atoms with van der Waals surface area (Å²) in [5.74, 6) is -6.87. The molecular formula is C11H10F3NO3. The second-order valence-electron chi connectivity index (χ2n) is 3.68. The predicted octanol–water partition coefficient (Wildman–Crippen LogP) is 1.65. The number of halogens is 3. The Kier molecular flexibility index (Phi) is 3.95. The Balaban J connectivity index is 3.08. The molecule has 1 atom stereocenters. The molecule has 0 saturated carbocycles. The van der Waals surface area contributed by atoms with Crippen LogP contribution in [0, 0.1) is 17.5 Å². The summed E-state index contributed by atoms with van der Waals surface area (Å²) in [6, 6.07) is -0.133. The van der Waals surface area contributed by atoms with Crippen LogP contribution in [0.5, 0.6) is 0 Å². The van der Waals surface area contributed by atoms with Gasteiger partial charge in [-0.1, -0.05) is 0 Å². The fraction of sp³-hybridized carbons (Fsp3) is 0.273. The van der Waals surface area contributed by atoms with E-state index in [9.17, 15) is 22.8 Å². The summed E-state index contributed by atoms with van der Waals surface area (Å²) in [6.07, 6.45) is 0. The van der Waals surface area contributed by atoms with Gasteiger partial charge in [0.25, 0.3) is 5.91 Å². The fourth-order valence-corrected chi connectivity index (χ4v) is 1.22. The van der Waals surface area contributed by atoms with E-state index in [0.717, 1.165) is 4.90 Å². The number of rotatable bonds is 3. The lowest BCUT2D eigenvalue weighted by molar-refractivity contribution is -0.141. The topological polar surface area (TPSA) is 57.6 Å². The molecule has 1 aromatic rings. The first-order chi connectivity index (χ1) is 8.25. The van der Waals surface area contributed by atoms with Crippen molar-refractivity contribution in [1.82, 2.24) is 4.90 Å². The van der Waals surface area contributed by atoms with Crippen LogP contribution in [0.2, 0.25) is 0 Å². The summed E-state index contributed by atoms with van der Waals surface area (Å²) in [6.45, 7) is 1.23. The third kappa shape index (κ3) is 2.61. The Labute approximate surface area is 101 Å². The first-order valence-electron chi connectivity index (χ1n) is 4.90. The molecule has 0 fully saturated rings. The molecule has 0 heterocycles. The Bertz CT molecular complexity index is 481. The summed E-state index contributed by atoms with van der Waals surface area (Å²) in [5.41, 5.74) is -0.456. The molecule has 0 saturated heterocycles. The predicted molar refractivity (Wildman–Crippen MR) is 55.5 cm³/mol. The number of amides is 1. The van der Waals surface area contributed by atoms with Crippen LogP contribution in [0.4, 0.5) is 13.2 Å². The van der Waals surface area contributed by atoms with Crippen molar-refractivity contribution in [2.75, 3.05) is 7.05 Å². The van der Waals surface area contributed by atoms with Gasteiger partial charge < -0.3 is 10.0 Å². The minimum atomic E-state index is -1.68. The molecule has 0 spiro atoms. The van der Waals surface area contributed by atoms with Gasteiger partial charge in [0.1, 0.15) is 6.04 Å². The SMILES string of the molecule is CC(C(=O)O)N(C)C(=O)c1cc(F)c(F)c(F)c1. The number of carboxylic acid groups (broad SMARTS) is 1. The van der Waals surface area contributed by atoms with Crippen molar-refractivity contribution >= 4 is 11.9 Å². The molecule has 0 radical (unpaired) electrons. The standard InChI is InChI=1S/C11H10F3NO3/c1-5(11(17)18)15(2)10(16)6-3-7(12)9(14)8(13)4-6/h3-5H,1-2H3,(H,17,18). The second kappa shape index (κ2) is 5.07. The maximum atomic E-state index is 12.9. The first-order valence-corrected chi connectivity index (χ1v) is 4.90. The van der Waals surface area contributed by atoms with Gasteiger partial charge in [0, 0.05) is 12.6 Å². The van der Waals surface area contributed by atoms with E-state index in [0.29, 0.717) is 12.1 Å². The zero-order valence-electron chi connectivity index (χ0n) is 9.58. The lowest BCUT2D eigenvalue weighted by atomic mass is 10.1. The van der Waals surface area contributed by atoms with Gasteiger partial charge in [-0.3, -0.25) is 4.79 Å². The molecule has 0 bridgehead atoms. The zero-order valence-corrected chi connectivity index (χ0v) is 9.58. The number of carboxylic acids is 1. The molecule has 1 rings (SSSR count). The molecule has 1 aromatic carbocycles. The molecule has 98 valence electrons. The smallest absolute Gasteiger partial charge is 0.326 e. The Hall–Kier alpha value is -2.05. The average molecular weight is 261 g/mol. The van der Waals surface area contributed by atoms with Crippen LogP contribution in [-0.4, -0.2) is 35.0 Å². The molecule has 0 aliphatic carbocycles. The molecule has 0 aromatic heterocycles. The van der Waals surface area contributed by atoms with Gasteiger partial charge in [-0.25, -0.2) is 18.0 Å². The number of carbonyl (C=O) groups excluding carboxylic acids is 1. The van der Waals surface area contributed by atoms with E-state index in [2.05, 4.69) is 0 Å². The van der Waals surface area contributed by atoms with E-state index < -0.39 is 40.9 Å². The third-order valence-corrected chi connectivity index (χ3v) is 2.49. The third-order valence-electron chi connectivity index (χ3n) is 2.49. The van der Waals surface area contributed by atoms with Gasteiger partial charge in [0.05, 0.1) is 0 Å². The van der Waals surface area contributed by atoms with Crippen LogP contribution >= 0.6 is 0 Å². The van der Waals surface area contributed by atoms with Crippen LogP contribution in [0.15, 0.2) is 12.1 Å². The average Bonchev–Trinajstić information content (AvgIpc) is 2.32. The van der Waals surface area contributed by atoms with E-state index in [1.165, 1.54) is 14.0 Å². The molecule has 4 nitrogen and oxygen atoms in total. The fourth-order valence-electron chi connectivity index (χ4n) is 1.22. The molecule has 18 heavy (non-hydrogen) atoms. The van der Waals surface area contributed by atoms with Crippen LogP contribution in [-0.2, 0) is 4.79 Å². The maximum Gasteiger partial charge on any atom is 0.326 e. The van der Waals surface area contributed by atoms with Crippen molar-refractivity contribution in [2.24, 2.45) is 0 Å². The second-order valence-corrected chi connectivity index (χ2v) is 3.68. The van der Waals surface area contributed by atoms with Crippen molar-refractivity contribution in [3.8, 4) is 0 Å². The summed E-state index contributed by atoms with van der Waals surface area (Å²) in [5, 5.41) is 8.70. The van der Waals surface area contributed by atoms with Crippen LogP contribution in [0.3, 0.4) is 0 Å². The number of hydrogen-bond acceptors (Lipinski definition) is 2. The monoisotopic (exact) mass is 261 g/mol. The molecule has 1 amide bonds.